The van der Waals surface area contributed by atoms with Gasteiger partial charge >= 0.3 is 12.0 Å². The molecule has 0 bridgehead atoms. The molecule has 0 heterocycles. The van der Waals surface area contributed by atoms with Crippen LogP contribution in [0.5, 0.6) is 11.5 Å². The standard InChI is InChI=1S/C15H19BrN2O6/c1-3-22-11-5-9(10(16)7-12(11)23-4-2)6-14(20)24-8-13(19)18-15(17)21/h5,7H,3-4,6,8H2,1-2H3,(H3,17,18,19,21). The number of carbonyl (C=O) groups excluding carboxylic acids is 3. The first kappa shape index (κ1) is 19.8. The molecule has 24 heavy (non-hydrogen) atoms. The number of amides is 3. The van der Waals surface area contributed by atoms with Gasteiger partial charge in [-0.05, 0) is 31.5 Å². The van der Waals surface area contributed by atoms with E-state index in [0.29, 0.717) is 34.7 Å². The Morgan fingerprint density at radius 1 is 1.12 bits per heavy atom. The number of urea groups is 1. The number of carbonyl (C=O) groups is 3. The van der Waals surface area contributed by atoms with Gasteiger partial charge in [-0.1, -0.05) is 15.9 Å². The summed E-state index contributed by atoms with van der Waals surface area (Å²) in [5.41, 5.74) is 5.40. The van der Waals surface area contributed by atoms with Gasteiger partial charge in [-0.2, -0.15) is 0 Å². The van der Waals surface area contributed by atoms with Crippen LogP contribution in [0.4, 0.5) is 4.79 Å². The van der Waals surface area contributed by atoms with Crippen LogP contribution in [-0.4, -0.2) is 37.7 Å². The summed E-state index contributed by atoms with van der Waals surface area (Å²) in [4.78, 5) is 33.5. The lowest BCUT2D eigenvalue weighted by Crippen LogP contribution is -2.37. The summed E-state index contributed by atoms with van der Waals surface area (Å²) in [6, 6.07) is 2.37. The number of nitrogens with one attached hydrogen (secondary N) is 1. The Balaban J connectivity index is 2.75. The van der Waals surface area contributed by atoms with E-state index in [9.17, 15) is 14.4 Å². The Kier molecular flexibility index (Phi) is 8.03. The minimum absolute atomic E-state index is 0.0864. The molecule has 8 nitrogen and oxygen atoms in total. The number of primary amides is 1. The van der Waals surface area contributed by atoms with Crippen LogP contribution >= 0.6 is 15.9 Å². The van der Waals surface area contributed by atoms with Gasteiger partial charge < -0.3 is 19.9 Å². The summed E-state index contributed by atoms with van der Waals surface area (Å²) in [5.74, 6) is -0.362. The molecular formula is C15H19BrN2O6. The van der Waals surface area contributed by atoms with E-state index in [2.05, 4.69) is 15.9 Å². The number of nitrogens with two attached hydrogens (primary N) is 1. The Morgan fingerprint density at radius 3 is 2.25 bits per heavy atom. The zero-order valence-corrected chi connectivity index (χ0v) is 15.0. The maximum atomic E-state index is 11.8. The van der Waals surface area contributed by atoms with E-state index in [-0.39, 0.29) is 6.42 Å². The maximum Gasteiger partial charge on any atom is 0.318 e. The molecule has 9 heteroatoms. The molecular weight excluding hydrogens is 384 g/mol. The fraction of sp³-hybridized carbons (Fsp3) is 0.400. The van der Waals surface area contributed by atoms with Gasteiger partial charge in [-0.15, -0.1) is 0 Å². The molecule has 0 saturated carbocycles. The molecule has 3 amide bonds. The largest absolute Gasteiger partial charge is 0.490 e. The molecule has 0 aromatic heterocycles. The zero-order valence-electron chi connectivity index (χ0n) is 13.4. The molecule has 0 fully saturated rings. The lowest BCUT2D eigenvalue weighted by molar-refractivity contribution is -0.147. The number of halogens is 1. The quantitative estimate of drug-likeness (QED) is 0.636. The number of esters is 1. The smallest absolute Gasteiger partial charge is 0.318 e. The van der Waals surface area contributed by atoms with Gasteiger partial charge in [-0.25, -0.2) is 4.79 Å². The second-order valence-corrected chi connectivity index (χ2v) is 5.36. The molecule has 0 saturated heterocycles. The Hall–Kier alpha value is -2.29. The van der Waals surface area contributed by atoms with Crippen LogP contribution < -0.4 is 20.5 Å². The number of rotatable bonds is 8. The third kappa shape index (κ3) is 6.45. The molecule has 0 aliphatic carbocycles. The van der Waals surface area contributed by atoms with Crippen molar-refractivity contribution in [3.8, 4) is 11.5 Å². The monoisotopic (exact) mass is 402 g/mol. The topological polar surface area (TPSA) is 117 Å². The van der Waals surface area contributed by atoms with Crippen molar-refractivity contribution in [2.24, 2.45) is 5.73 Å². The van der Waals surface area contributed by atoms with Crippen LogP contribution in [-0.2, 0) is 20.7 Å². The summed E-state index contributed by atoms with van der Waals surface area (Å²) in [6.45, 7) is 4.02. The SMILES string of the molecule is CCOc1cc(Br)c(CC(=O)OCC(=O)NC(N)=O)cc1OCC. The van der Waals surface area contributed by atoms with Crippen molar-refractivity contribution in [1.82, 2.24) is 5.32 Å². The van der Waals surface area contributed by atoms with E-state index in [1.807, 2.05) is 13.8 Å². The van der Waals surface area contributed by atoms with Crippen molar-refractivity contribution in [2.75, 3.05) is 19.8 Å². The molecule has 0 spiro atoms. The van der Waals surface area contributed by atoms with Crippen molar-refractivity contribution in [3.63, 3.8) is 0 Å². The van der Waals surface area contributed by atoms with Gasteiger partial charge in [0.2, 0.25) is 0 Å². The van der Waals surface area contributed by atoms with Crippen molar-refractivity contribution in [1.29, 1.82) is 0 Å². The van der Waals surface area contributed by atoms with Gasteiger partial charge in [0.05, 0.1) is 19.6 Å². The first-order valence-corrected chi connectivity index (χ1v) is 7.99. The van der Waals surface area contributed by atoms with Crippen LogP contribution in [0.15, 0.2) is 16.6 Å². The van der Waals surface area contributed by atoms with Gasteiger partial charge in [-0.3, -0.25) is 14.9 Å². The average Bonchev–Trinajstić information content (AvgIpc) is 2.49. The molecule has 0 atom stereocenters. The average molecular weight is 403 g/mol. The van der Waals surface area contributed by atoms with Gasteiger partial charge in [0, 0.05) is 4.47 Å². The molecule has 0 radical (unpaired) electrons. The van der Waals surface area contributed by atoms with Crippen molar-refractivity contribution in [3.05, 3.63) is 22.2 Å². The predicted molar refractivity (Wildman–Crippen MR) is 88.9 cm³/mol. The van der Waals surface area contributed by atoms with Crippen LogP contribution in [0.25, 0.3) is 0 Å². The fourth-order valence-electron chi connectivity index (χ4n) is 1.78. The molecule has 1 aromatic carbocycles. The van der Waals surface area contributed by atoms with Crippen molar-refractivity contribution in [2.45, 2.75) is 20.3 Å². The van der Waals surface area contributed by atoms with E-state index in [0.717, 1.165) is 0 Å². The third-order valence-corrected chi connectivity index (χ3v) is 3.41. The van der Waals surface area contributed by atoms with E-state index in [4.69, 9.17) is 19.9 Å². The number of imide groups is 1. The Labute approximate surface area is 147 Å². The van der Waals surface area contributed by atoms with Crippen molar-refractivity contribution >= 4 is 33.8 Å². The Morgan fingerprint density at radius 2 is 1.71 bits per heavy atom. The second-order valence-electron chi connectivity index (χ2n) is 4.51. The maximum absolute atomic E-state index is 11.8. The highest BCUT2D eigenvalue weighted by Gasteiger charge is 2.15. The van der Waals surface area contributed by atoms with E-state index in [1.165, 1.54) is 0 Å². The molecule has 1 aromatic rings. The molecule has 0 aliphatic heterocycles. The van der Waals surface area contributed by atoms with Gasteiger partial charge in [0.1, 0.15) is 0 Å². The van der Waals surface area contributed by atoms with E-state index >= 15 is 0 Å². The predicted octanol–water partition coefficient (Wildman–Crippen LogP) is 1.53. The Bertz CT molecular complexity index is 620. The van der Waals surface area contributed by atoms with Crippen LogP contribution in [0, 0.1) is 0 Å². The van der Waals surface area contributed by atoms with Gasteiger partial charge in [0.15, 0.2) is 18.1 Å². The molecule has 132 valence electrons. The summed E-state index contributed by atoms with van der Waals surface area (Å²) in [7, 11) is 0. The fourth-order valence-corrected chi connectivity index (χ4v) is 2.24. The first-order valence-electron chi connectivity index (χ1n) is 7.20. The summed E-state index contributed by atoms with van der Waals surface area (Å²) < 4.78 is 16.4. The number of ether oxygens (including phenoxy) is 3. The number of hydrogen-bond acceptors (Lipinski definition) is 6. The first-order chi connectivity index (χ1) is 11.4. The minimum Gasteiger partial charge on any atom is -0.490 e. The minimum atomic E-state index is -1.01. The van der Waals surface area contributed by atoms with Crippen LogP contribution in [0.2, 0.25) is 0 Å². The van der Waals surface area contributed by atoms with E-state index in [1.54, 1.807) is 17.4 Å². The third-order valence-electron chi connectivity index (χ3n) is 2.67. The summed E-state index contributed by atoms with van der Waals surface area (Å²) in [6.07, 6.45) is -0.0864. The normalized spacial score (nSPS) is 9.96. The molecule has 0 aliphatic rings. The lowest BCUT2D eigenvalue weighted by Gasteiger charge is -2.14. The van der Waals surface area contributed by atoms with Crippen LogP contribution in [0.3, 0.4) is 0 Å². The van der Waals surface area contributed by atoms with Crippen molar-refractivity contribution < 1.29 is 28.6 Å². The summed E-state index contributed by atoms with van der Waals surface area (Å²) >= 11 is 3.36. The van der Waals surface area contributed by atoms with E-state index < -0.39 is 24.5 Å². The lowest BCUT2D eigenvalue weighted by atomic mass is 10.1. The number of hydrogen-bond donors (Lipinski definition) is 2. The van der Waals surface area contributed by atoms with Gasteiger partial charge in [0.25, 0.3) is 5.91 Å². The molecule has 1 rings (SSSR count). The van der Waals surface area contributed by atoms with Crippen LogP contribution in [0.1, 0.15) is 19.4 Å². The molecule has 0 unspecified atom stereocenters. The highest BCUT2D eigenvalue weighted by molar-refractivity contribution is 9.10. The second kappa shape index (κ2) is 9.76. The summed E-state index contributed by atoms with van der Waals surface area (Å²) in [5, 5.41) is 1.80. The zero-order chi connectivity index (χ0) is 18.1. The molecule has 3 N–H and O–H groups in total. The number of benzene rings is 1. The highest BCUT2D eigenvalue weighted by atomic mass is 79.9. The highest BCUT2D eigenvalue weighted by Crippen LogP contribution is 2.34.